The summed E-state index contributed by atoms with van der Waals surface area (Å²) in [6.45, 7) is 8.46. The molecule has 2 N–H and O–H groups in total. The Morgan fingerprint density at radius 3 is 2.40 bits per heavy atom. The highest BCUT2D eigenvalue weighted by Crippen LogP contribution is 2.15. The van der Waals surface area contributed by atoms with Crippen molar-refractivity contribution >= 4 is 12.0 Å². The van der Waals surface area contributed by atoms with E-state index < -0.39 is 5.97 Å². The van der Waals surface area contributed by atoms with E-state index in [0.717, 1.165) is 12.8 Å². The molecule has 0 saturated carbocycles. The smallest absolute Gasteiger partial charge is 0.317 e. The zero-order chi connectivity index (χ0) is 15.2. The Labute approximate surface area is 120 Å². The predicted octanol–water partition coefficient (Wildman–Crippen LogP) is 1.70. The van der Waals surface area contributed by atoms with Gasteiger partial charge in [0.05, 0.1) is 19.1 Å². The van der Waals surface area contributed by atoms with E-state index in [-0.39, 0.29) is 30.6 Å². The zero-order valence-electron chi connectivity index (χ0n) is 12.6. The lowest BCUT2D eigenvalue weighted by Crippen LogP contribution is -2.47. The van der Waals surface area contributed by atoms with Gasteiger partial charge in [-0.3, -0.25) is 4.79 Å². The largest absolute Gasteiger partial charge is 0.481 e. The lowest BCUT2D eigenvalue weighted by atomic mass is 9.97. The van der Waals surface area contributed by atoms with Crippen LogP contribution in [0.15, 0.2) is 0 Å². The lowest BCUT2D eigenvalue weighted by Gasteiger charge is -2.32. The molecule has 1 rings (SSSR count). The Balaban J connectivity index is 2.21. The summed E-state index contributed by atoms with van der Waals surface area (Å²) in [7, 11) is 0. The van der Waals surface area contributed by atoms with Crippen molar-refractivity contribution in [2.24, 2.45) is 5.41 Å². The third-order valence-corrected chi connectivity index (χ3v) is 3.17. The quantitative estimate of drug-likeness (QED) is 0.806. The van der Waals surface area contributed by atoms with Gasteiger partial charge in [-0.1, -0.05) is 20.8 Å². The second-order valence-corrected chi connectivity index (χ2v) is 6.42. The van der Waals surface area contributed by atoms with E-state index in [0.29, 0.717) is 19.6 Å². The second-order valence-electron chi connectivity index (χ2n) is 6.42. The molecule has 0 unspecified atom stereocenters. The highest BCUT2D eigenvalue weighted by Gasteiger charge is 2.24. The molecule has 0 aliphatic carbocycles. The minimum atomic E-state index is -0.844. The highest BCUT2D eigenvalue weighted by atomic mass is 16.5. The van der Waals surface area contributed by atoms with Crippen LogP contribution in [-0.4, -0.2) is 54.4 Å². The number of aliphatic carboxylic acids is 1. The summed E-state index contributed by atoms with van der Waals surface area (Å²) in [5, 5.41) is 11.5. The first-order valence-electron chi connectivity index (χ1n) is 7.14. The number of carboxylic acids is 1. The van der Waals surface area contributed by atoms with Crippen LogP contribution in [0.25, 0.3) is 0 Å². The number of hydrogen-bond acceptors (Lipinski definition) is 3. The van der Waals surface area contributed by atoms with Crippen LogP contribution in [0.1, 0.15) is 40.0 Å². The van der Waals surface area contributed by atoms with Crippen molar-refractivity contribution in [2.75, 3.05) is 26.2 Å². The van der Waals surface area contributed by atoms with Crippen LogP contribution in [0.3, 0.4) is 0 Å². The van der Waals surface area contributed by atoms with Crippen molar-refractivity contribution in [3.8, 4) is 0 Å². The Hall–Kier alpha value is -1.30. The fourth-order valence-corrected chi connectivity index (χ4v) is 1.99. The Morgan fingerprint density at radius 2 is 1.90 bits per heavy atom. The van der Waals surface area contributed by atoms with Gasteiger partial charge in [-0.2, -0.15) is 0 Å². The summed E-state index contributed by atoms with van der Waals surface area (Å²) in [6.07, 6.45) is 1.64. The second kappa shape index (κ2) is 7.47. The summed E-state index contributed by atoms with van der Waals surface area (Å²) in [4.78, 5) is 24.1. The summed E-state index contributed by atoms with van der Waals surface area (Å²) in [6, 6.07) is -0.0242. The zero-order valence-corrected chi connectivity index (χ0v) is 12.6. The molecule has 6 nitrogen and oxygen atoms in total. The number of nitrogens with zero attached hydrogens (tertiary/aromatic N) is 1. The average molecular weight is 286 g/mol. The molecular weight excluding hydrogens is 260 g/mol. The van der Waals surface area contributed by atoms with E-state index in [1.807, 2.05) is 0 Å². The maximum Gasteiger partial charge on any atom is 0.317 e. The number of piperidine rings is 1. The monoisotopic (exact) mass is 286 g/mol. The number of nitrogens with one attached hydrogen (secondary N) is 1. The molecule has 1 aliphatic heterocycles. The van der Waals surface area contributed by atoms with Crippen LogP contribution < -0.4 is 5.32 Å². The molecule has 116 valence electrons. The van der Waals surface area contributed by atoms with Crippen molar-refractivity contribution in [3.05, 3.63) is 0 Å². The first-order chi connectivity index (χ1) is 9.28. The minimum Gasteiger partial charge on any atom is -0.481 e. The fraction of sp³-hybridized carbons (Fsp3) is 0.857. The van der Waals surface area contributed by atoms with Gasteiger partial charge in [-0.15, -0.1) is 0 Å². The Kier molecular flexibility index (Phi) is 6.26. The van der Waals surface area contributed by atoms with Gasteiger partial charge in [-0.25, -0.2) is 4.79 Å². The number of carboxylic acid groups (broad SMARTS) is 1. The molecule has 20 heavy (non-hydrogen) atoms. The molecular formula is C14H26N2O4. The van der Waals surface area contributed by atoms with Gasteiger partial charge < -0.3 is 20.1 Å². The Bertz CT molecular complexity index is 331. The van der Waals surface area contributed by atoms with E-state index in [1.165, 1.54) is 0 Å². The van der Waals surface area contributed by atoms with Crippen molar-refractivity contribution in [1.82, 2.24) is 10.2 Å². The summed E-state index contributed by atoms with van der Waals surface area (Å²) in [5.41, 5.74) is 0.0773. The molecule has 1 aliphatic rings. The normalized spacial score (nSPS) is 17.1. The SMILES string of the molecule is CC(C)(C)CNC(=O)N1CCC(OCCC(=O)O)CC1. The van der Waals surface area contributed by atoms with Gasteiger partial charge in [0.25, 0.3) is 0 Å². The standard InChI is InChI=1S/C14H26N2O4/c1-14(2,3)10-15-13(19)16-7-4-11(5-8-16)20-9-6-12(17)18/h11H,4-10H2,1-3H3,(H,15,19)(H,17,18). The molecule has 0 aromatic heterocycles. The number of carbonyl (C=O) groups excluding carboxylic acids is 1. The average Bonchev–Trinajstić information content (AvgIpc) is 2.35. The third kappa shape index (κ3) is 6.75. The van der Waals surface area contributed by atoms with Gasteiger partial charge in [0, 0.05) is 19.6 Å². The molecule has 0 atom stereocenters. The van der Waals surface area contributed by atoms with Crippen molar-refractivity contribution in [2.45, 2.75) is 46.1 Å². The molecule has 1 heterocycles. The Morgan fingerprint density at radius 1 is 1.30 bits per heavy atom. The summed E-state index contributed by atoms with van der Waals surface area (Å²) in [5.74, 6) is -0.844. The molecule has 0 aromatic rings. The number of urea groups is 1. The lowest BCUT2D eigenvalue weighted by molar-refractivity contribution is -0.138. The fourth-order valence-electron chi connectivity index (χ4n) is 1.99. The van der Waals surface area contributed by atoms with Crippen LogP contribution in [0.5, 0.6) is 0 Å². The minimum absolute atomic E-state index is 0.0242. The van der Waals surface area contributed by atoms with Gasteiger partial charge in [0.1, 0.15) is 0 Å². The van der Waals surface area contributed by atoms with Crippen molar-refractivity contribution in [1.29, 1.82) is 0 Å². The molecule has 0 radical (unpaired) electrons. The maximum absolute atomic E-state index is 12.0. The van der Waals surface area contributed by atoms with Crippen molar-refractivity contribution < 1.29 is 19.4 Å². The molecule has 0 spiro atoms. The van der Waals surface area contributed by atoms with Crippen LogP contribution >= 0.6 is 0 Å². The van der Waals surface area contributed by atoms with Gasteiger partial charge >= 0.3 is 12.0 Å². The number of ether oxygens (including phenoxy) is 1. The first-order valence-corrected chi connectivity index (χ1v) is 7.14. The van der Waals surface area contributed by atoms with Crippen LogP contribution in [0, 0.1) is 5.41 Å². The predicted molar refractivity (Wildman–Crippen MR) is 75.7 cm³/mol. The summed E-state index contributed by atoms with van der Waals surface area (Å²) < 4.78 is 5.50. The molecule has 0 aromatic carbocycles. The van der Waals surface area contributed by atoms with E-state index in [2.05, 4.69) is 26.1 Å². The topological polar surface area (TPSA) is 78.9 Å². The number of hydrogen-bond donors (Lipinski definition) is 2. The number of amides is 2. The maximum atomic E-state index is 12.0. The van der Waals surface area contributed by atoms with Crippen LogP contribution in [0.2, 0.25) is 0 Å². The molecule has 0 bridgehead atoms. The van der Waals surface area contributed by atoms with Crippen LogP contribution in [0.4, 0.5) is 4.79 Å². The van der Waals surface area contributed by atoms with Gasteiger partial charge in [-0.05, 0) is 18.3 Å². The van der Waals surface area contributed by atoms with Gasteiger partial charge in [0.2, 0.25) is 0 Å². The summed E-state index contributed by atoms with van der Waals surface area (Å²) >= 11 is 0. The van der Waals surface area contributed by atoms with Crippen molar-refractivity contribution in [3.63, 3.8) is 0 Å². The number of carbonyl (C=O) groups is 2. The van der Waals surface area contributed by atoms with E-state index in [4.69, 9.17) is 9.84 Å². The molecule has 1 fully saturated rings. The number of likely N-dealkylation sites (tertiary alicyclic amines) is 1. The number of rotatable bonds is 5. The van der Waals surface area contributed by atoms with Crippen LogP contribution in [-0.2, 0) is 9.53 Å². The molecule has 6 heteroatoms. The van der Waals surface area contributed by atoms with E-state index >= 15 is 0 Å². The highest BCUT2D eigenvalue weighted by molar-refractivity contribution is 5.74. The molecule has 1 saturated heterocycles. The first kappa shape index (κ1) is 16.8. The van der Waals surface area contributed by atoms with E-state index in [1.54, 1.807) is 4.90 Å². The van der Waals surface area contributed by atoms with E-state index in [9.17, 15) is 9.59 Å². The molecule has 2 amide bonds. The third-order valence-electron chi connectivity index (χ3n) is 3.17. The van der Waals surface area contributed by atoms with Gasteiger partial charge in [0.15, 0.2) is 0 Å².